The van der Waals surface area contributed by atoms with E-state index < -0.39 is 0 Å². The van der Waals surface area contributed by atoms with Gasteiger partial charge in [0, 0.05) is 42.8 Å². The van der Waals surface area contributed by atoms with Crippen molar-refractivity contribution >= 4 is 80.9 Å². The number of thiazole rings is 1. The summed E-state index contributed by atoms with van der Waals surface area (Å²) < 4.78 is 3.81. The molecular formula is C47H30N2S2. The number of hydrogen-bond donors (Lipinski definition) is 0. The number of thiophene rings is 1. The molecule has 0 unspecified atom stereocenters. The zero-order chi connectivity index (χ0) is 33.7. The molecular weight excluding hydrogens is 657 g/mol. The van der Waals surface area contributed by atoms with E-state index >= 15 is 0 Å². The van der Waals surface area contributed by atoms with E-state index in [1.54, 1.807) is 11.3 Å². The van der Waals surface area contributed by atoms with Gasteiger partial charge in [0.25, 0.3) is 0 Å². The van der Waals surface area contributed by atoms with Crippen LogP contribution in [0.25, 0.3) is 74.0 Å². The van der Waals surface area contributed by atoms with Crippen molar-refractivity contribution in [1.82, 2.24) is 4.98 Å². The average Bonchev–Trinajstić information content (AvgIpc) is 3.81. The van der Waals surface area contributed by atoms with E-state index in [0.29, 0.717) is 0 Å². The number of fused-ring (bicyclic) bond motifs is 6. The molecule has 0 N–H and O–H groups in total. The van der Waals surface area contributed by atoms with Crippen molar-refractivity contribution in [3.8, 4) is 32.8 Å². The predicted molar refractivity (Wildman–Crippen MR) is 221 cm³/mol. The normalized spacial score (nSPS) is 11.5. The van der Waals surface area contributed by atoms with Crippen LogP contribution in [0.15, 0.2) is 182 Å². The minimum Gasteiger partial charge on any atom is -0.310 e. The van der Waals surface area contributed by atoms with Gasteiger partial charge in [-0.2, -0.15) is 0 Å². The second-order valence-corrected chi connectivity index (χ2v) is 14.9. The SMILES string of the molecule is c1ccc(-c2ccc(N(c3ccc(-c4ccc5ccccc5c4)cc3)c3ccc4c(c3)sc3ccc5nc(-c6ccccc6)sc5c34)cc2)cc1. The van der Waals surface area contributed by atoms with E-state index in [4.69, 9.17) is 4.98 Å². The van der Waals surface area contributed by atoms with Gasteiger partial charge in [-0.15, -0.1) is 22.7 Å². The van der Waals surface area contributed by atoms with Crippen molar-refractivity contribution in [3.05, 3.63) is 182 Å². The van der Waals surface area contributed by atoms with Crippen molar-refractivity contribution in [2.45, 2.75) is 0 Å². The molecule has 0 saturated heterocycles. The van der Waals surface area contributed by atoms with E-state index in [1.807, 2.05) is 11.3 Å². The Morgan fingerprint density at radius 3 is 1.71 bits per heavy atom. The molecule has 2 nitrogen and oxygen atoms in total. The third kappa shape index (κ3) is 5.37. The number of rotatable bonds is 6. The molecule has 0 fully saturated rings. The topological polar surface area (TPSA) is 16.1 Å². The maximum Gasteiger partial charge on any atom is 0.124 e. The first-order valence-electron chi connectivity index (χ1n) is 17.1. The summed E-state index contributed by atoms with van der Waals surface area (Å²) in [6.45, 7) is 0. The maximum atomic E-state index is 5.03. The number of anilines is 3. The molecule has 0 saturated carbocycles. The van der Waals surface area contributed by atoms with Crippen LogP contribution in [0.5, 0.6) is 0 Å². The van der Waals surface area contributed by atoms with Crippen molar-refractivity contribution < 1.29 is 0 Å². The smallest absolute Gasteiger partial charge is 0.124 e. The Bertz CT molecular complexity index is 2840. The quantitative estimate of drug-likeness (QED) is 0.173. The van der Waals surface area contributed by atoms with Crippen LogP contribution in [0.1, 0.15) is 0 Å². The lowest BCUT2D eigenvalue weighted by atomic mass is 10.0. The van der Waals surface area contributed by atoms with Crippen LogP contribution in [0.2, 0.25) is 0 Å². The molecule has 0 aliphatic rings. The molecule has 0 aliphatic carbocycles. The second-order valence-electron chi connectivity index (χ2n) is 12.8. The summed E-state index contributed by atoms with van der Waals surface area (Å²) >= 11 is 3.64. The molecule has 2 aromatic heterocycles. The third-order valence-electron chi connectivity index (χ3n) is 9.69. The number of aromatic nitrogens is 1. The third-order valence-corrected chi connectivity index (χ3v) is 11.9. The summed E-state index contributed by atoms with van der Waals surface area (Å²) in [4.78, 5) is 7.41. The highest BCUT2D eigenvalue weighted by Gasteiger charge is 2.18. The Morgan fingerprint density at radius 2 is 0.980 bits per heavy atom. The van der Waals surface area contributed by atoms with E-state index in [2.05, 4.69) is 187 Å². The van der Waals surface area contributed by atoms with Crippen LogP contribution in [-0.4, -0.2) is 4.98 Å². The molecule has 0 atom stereocenters. The number of nitrogens with zero attached hydrogens (tertiary/aromatic N) is 2. The van der Waals surface area contributed by atoms with E-state index in [0.717, 1.165) is 33.1 Å². The van der Waals surface area contributed by atoms with E-state index in [1.165, 1.54) is 57.9 Å². The van der Waals surface area contributed by atoms with E-state index in [-0.39, 0.29) is 0 Å². The second kappa shape index (κ2) is 12.4. The molecule has 0 radical (unpaired) electrons. The van der Waals surface area contributed by atoms with Gasteiger partial charge in [0.1, 0.15) is 5.01 Å². The molecule has 0 aliphatic heterocycles. The summed E-state index contributed by atoms with van der Waals surface area (Å²) in [6, 6.07) is 65.6. The Hall–Kier alpha value is -6.07. The summed E-state index contributed by atoms with van der Waals surface area (Å²) in [5.74, 6) is 0. The Kier molecular flexibility index (Phi) is 7.23. The van der Waals surface area contributed by atoms with Gasteiger partial charge in [-0.1, -0.05) is 127 Å². The highest BCUT2D eigenvalue weighted by molar-refractivity contribution is 7.28. The molecule has 8 aromatic carbocycles. The van der Waals surface area contributed by atoms with E-state index in [9.17, 15) is 0 Å². The van der Waals surface area contributed by atoms with Crippen molar-refractivity contribution in [1.29, 1.82) is 0 Å². The fourth-order valence-electron chi connectivity index (χ4n) is 7.13. The highest BCUT2D eigenvalue weighted by Crippen LogP contribution is 2.45. The Labute approximate surface area is 304 Å². The van der Waals surface area contributed by atoms with Crippen LogP contribution in [0.4, 0.5) is 17.1 Å². The van der Waals surface area contributed by atoms with Gasteiger partial charge in [-0.05, 0) is 87.6 Å². The minimum absolute atomic E-state index is 1.06. The summed E-state index contributed by atoms with van der Waals surface area (Å²) in [5, 5.41) is 6.15. The predicted octanol–water partition coefficient (Wildman–Crippen LogP) is 14.3. The first kappa shape index (κ1) is 29.8. The van der Waals surface area contributed by atoms with Crippen LogP contribution in [-0.2, 0) is 0 Å². The van der Waals surface area contributed by atoms with Crippen LogP contribution in [0, 0.1) is 0 Å². The lowest BCUT2D eigenvalue weighted by Gasteiger charge is -2.26. The molecule has 10 aromatic rings. The van der Waals surface area contributed by atoms with Crippen molar-refractivity contribution in [2.24, 2.45) is 0 Å². The van der Waals surface area contributed by atoms with Gasteiger partial charge < -0.3 is 4.90 Å². The number of hydrogen-bond acceptors (Lipinski definition) is 4. The number of benzene rings is 8. The fourth-order valence-corrected chi connectivity index (χ4v) is 9.47. The molecule has 0 amide bonds. The van der Waals surface area contributed by atoms with Gasteiger partial charge >= 0.3 is 0 Å². The monoisotopic (exact) mass is 686 g/mol. The molecule has 2 heterocycles. The largest absolute Gasteiger partial charge is 0.310 e. The van der Waals surface area contributed by atoms with Gasteiger partial charge in [0.2, 0.25) is 0 Å². The highest BCUT2D eigenvalue weighted by atomic mass is 32.1. The van der Waals surface area contributed by atoms with Gasteiger partial charge in [-0.25, -0.2) is 4.98 Å². The molecule has 0 bridgehead atoms. The van der Waals surface area contributed by atoms with Crippen molar-refractivity contribution in [2.75, 3.05) is 4.90 Å². The average molecular weight is 687 g/mol. The zero-order valence-electron chi connectivity index (χ0n) is 27.5. The molecule has 51 heavy (non-hydrogen) atoms. The van der Waals surface area contributed by atoms with Gasteiger partial charge in [-0.3, -0.25) is 0 Å². The standard InChI is InChI=1S/C47H30N2S2/c1-3-9-31(10-4-1)33-17-21-38(22-18-33)49(39-23-19-34(20-24-39)37-16-15-32-11-7-8-14-36(32)29-37)40-25-26-41-44(30-40)50-43-28-27-42-46(45(41)43)51-47(48-42)35-12-5-2-6-13-35/h1-30H. The van der Waals surface area contributed by atoms with Crippen LogP contribution in [0.3, 0.4) is 0 Å². The zero-order valence-corrected chi connectivity index (χ0v) is 29.2. The summed E-state index contributed by atoms with van der Waals surface area (Å²) in [6.07, 6.45) is 0. The lowest BCUT2D eigenvalue weighted by Crippen LogP contribution is -2.09. The maximum absolute atomic E-state index is 5.03. The molecule has 0 spiro atoms. The first-order valence-corrected chi connectivity index (χ1v) is 18.7. The summed E-state index contributed by atoms with van der Waals surface area (Å²) in [5.41, 5.74) is 10.4. The fraction of sp³-hybridized carbons (Fsp3) is 0. The van der Waals surface area contributed by atoms with Crippen LogP contribution < -0.4 is 4.90 Å². The first-order chi connectivity index (χ1) is 25.2. The minimum atomic E-state index is 1.06. The van der Waals surface area contributed by atoms with Gasteiger partial charge in [0.05, 0.1) is 10.2 Å². The Morgan fingerprint density at radius 1 is 0.392 bits per heavy atom. The molecule has 4 heteroatoms. The molecule has 240 valence electrons. The van der Waals surface area contributed by atoms with Crippen LogP contribution >= 0.6 is 22.7 Å². The Balaban J connectivity index is 1.08. The van der Waals surface area contributed by atoms with Crippen molar-refractivity contribution in [3.63, 3.8) is 0 Å². The summed E-state index contributed by atoms with van der Waals surface area (Å²) in [7, 11) is 0. The molecule has 10 rings (SSSR count). The lowest BCUT2D eigenvalue weighted by molar-refractivity contribution is 1.29. The van der Waals surface area contributed by atoms with Gasteiger partial charge in [0.15, 0.2) is 0 Å².